The van der Waals surface area contributed by atoms with Crippen molar-refractivity contribution < 1.29 is 22.7 Å². The Morgan fingerprint density at radius 2 is 1.94 bits per heavy atom. The van der Waals surface area contributed by atoms with E-state index in [2.05, 4.69) is 11.9 Å². The summed E-state index contributed by atoms with van der Waals surface area (Å²) in [6.45, 7) is 2.73. The second kappa shape index (κ2) is 10.2. The van der Waals surface area contributed by atoms with Gasteiger partial charge in [-0.3, -0.25) is 4.79 Å². The standard InChI is InChI=1S/C24H28N2O5S2/c1-3-4-12-31-20-7-5-6-18(14-20)26-21-15-33(28,29)16-22(21)32-24(26)25-23(27)13-17-8-10-19(30-2)11-9-17/h5-11,14,21-22H,3-4,12-13,15-16H2,1-2H3/t21-,22-/m0/s1. The SMILES string of the molecule is CCCCOc1cccc(N2C(=NC(=O)Cc3ccc(OC)cc3)S[C@H]3CS(=O)(=O)C[C@@H]32)c1. The molecule has 2 aliphatic rings. The number of amides is 1. The summed E-state index contributed by atoms with van der Waals surface area (Å²) >= 11 is 1.37. The Bertz CT molecular complexity index is 1130. The molecule has 0 spiro atoms. The highest BCUT2D eigenvalue weighted by atomic mass is 32.2. The predicted octanol–water partition coefficient (Wildman–Crippen LogP) is 3.72. The van der Waals surface area contributed by atoms with Crippen LogP contribution in [0.15, 0.2) is 53.5 Å². The van der Waals surface area contributed by atoms with Crippen LogP contribution in [0.3, 0.4) is 0 Å². The zero-order valence-corrected chi connectivity index (χ0v) is 20.4. The fourth-order valence-electron chi connectivity index (χ4n) is 3.99. The molecule has 2 heterocycles. The van der Waals surface area contributed by atoms with Crippen molar-refractivity contribution in [2.75, 3.05) is 30.1 Å². The van der Waals surface area contributed by atoms with Crippen molar-refractivity contribution in [2.45, 2.75) is 37.5 Å². The minimum absolute atomic E-state index is 0.0529. The van der Waals surface area contributed by atoms with E-state index in [9.17, 15) is 13.2 Å². The number of benzene rings is 2. The summed E-state index contributed by atoms with van der Waals surface area (Å²) in [5.74, 6) is 1.32. The number of hydrogen-bond donors (Lipinski definition) is 0. The van der Waals surface area contributed by atoms with Gasteiger partial charge in [0.15, 0.2) is 15.0 Å². The minimum atomic E-state index is -3.13. The maximum atomic E-state index is 12.8. The normalized spacial score (nSPS) is 22.4. The highest BCUT2D eigenvalue weighted by Gasteiger charge is 2.49. The Labute approximate surface area is 199 Å². The van der Waals surface area contributed by atoms with Crippen LogP contribution in [0.1, 0.15) is 25.3 Å². The van der Waals surface area contributed by atoms with Gasteiger partial charge in [0.2, 0.25) is 0 Å². The van der Waals surface area contributed by atoms with E-state index in [0.29, 0.717) is 11.8 Å². The first-order chi connectivity index (χ1) is 15.9. The maximum absolute atomic E-state index is 12.8. The van der Waals surface area contributed by atoms with Crippen LogP contribution in [-0.2, 0) is 21.1 Å². The molecule has 2 atom stereocenters. The van der Waals surface area contributed by atoms with Crippen molar-refractivity contribution in [3.8, 4) is 11.5 Å². The number of carbonyl (C=O) groups excluding carboxylic acids is 1. The van der Waals surface area contributed by atoms with Crippen molar-refractivity contribution in [1.82, 2.24) is 0 Å². The first-order valence-corrected chi connectivity index (χ1v) is 13.7. The third kappa shape index (κ3) is 5.70. The van der Waals surface area contributed by atoms with Crippen molar-refractivity contribution in [3.05, 3.63) is 54.1 Å². The third-order valence-electron chi connectivity index (χ3n) is 5.66. The lowest BCUT2D eigenvalue weighted by atomic mass is 10.1. The second-order valence-corrected chi connectivity index (χ2v) is 11.5. The molecule has 2 aliphatic heterocycles. The molecule has 0 N–H and O–H groups in total. The largest absolute Gasteiger partial charge is 0.497 e. The van der Waals surface area contributed by atoms with Gasteiger partial charge in [0.05, 0.1) is 37.7 Å². The average molecular weight is 489 g/mol. The molecule has 0 unspecified atom stereocenters. The number of carbonyl (C=O) groups is 1. The molecule has 2 aromatic carbocycles. The van der Waals surface area contributed by atoms with Gasteiger partial charge >= 0.3 is 0 Å². The van der Waals surface area contributed by atoms with Crippen LogP contribution in [0.5, 0.6) is 11.5 Å². The summed E-state index contributed by atoms with van der Waals surface area (Å²) < 4.78 is 35.6. The lowest BCUT2D eigenvalue weighted by Crippen LogP contribution is -2.37. The van der Waals surface area contributed by atoms with Gasteiger partial charge in [0.1, 0.15) is 11.5 Å². The van der Waals surface area contributed by atoms with Gasteiger partial charge in [0, 0.05) is 17.0 Å². The number of unbranched alkanes of at least 4 members (excludes halogenated alkanes) is 1. The van der Waals surface area contributed by atoms with Gasteiger partial charge < -0.3 is 14.4 Å². The van der Waals surface area contributed by atoms with E-state index in [1.807, 2.05) is 53.4 Å². The van der Waals surface area contributed by atoms with Crippen molar-refractivity contribution in [2.24, 2.45) is 4.99 Å². The number of hydrogen-bond acceptors (Lipinski definition) is 6. The molecule has 0 saturated carbocycles. The molecule has 0 aliphatic carbocycles. The number of amidine groups is 1. The zero-order chi connectivity index (χ0) is 23.4. The summed E-state index contributed by atoms with van der Waals surface area (Å²) in [6.07, 6.45) is 2.16. The summed E-state index contributed by atoms with van der Waals surface area (Å²) in [5, 5.41) is 0.399. The van der Waals surface area contributed by atoms with Crippen LogP contribution >= 0.6 is 11.8 Å². The highest BCUT2D eigenvalue weighted by molar-refractivity contribution is 8.16. The fourth-order valence-corrected chi connectivity index (χ4v) is 7.92. The van der Waals surface area contributed by atoms with E-state index < -0.39 is 9.84 Å². The second-order valence-electron chi connectivity index (χ2n) is 8.18. The number of thioether (sulfide) groups is 1. The van der Waals surface area contributed by atoms with E-state index >= 15 is 0 Å². The van der Waals surface area contributed by atoms with Gasteiger partial charge in [0.25, 0.3) is 5.91 Å². The van der Waals surface area contributed by atoms with Crippen molar-refractivity contribution in [3.63, 3.8) is 0 Å². The van der Waals surface area contributed by atoms with E-state index in [0.717, 1.165) is 35.6 Å². The third-order valence-corrected chi connectivity index (χ3v) is 8.87. The number of methoxy groups -OCH3 is 1. The van der Waals surface area contributed by atoms with Gasteiger partial charge in [-0.25, -0.2) is 8.42 Å². The molecule has 4 rings (SSSR count). The predicted molar refractivity (Wildman–Crippen MR) is 132 cm³/mol. The first-order valence-electron chi connectivity index (χ1n) is 11.0. The molecule has 176 valence electrons. The lowest BCUT2D eigenvalue weighted by Gasteiger charge is -2.25. The molecule has 0 aromatic heterocycles. The van der Waals surface area contributed by atoms with Gasteiger partial charge in [-0.05, 0) is 36.2 Å². The monoisotopic (exact) mass is 488 g/mol. The number of aliphatic imine (C=N–C) groups is 1. The van der Waals surface area contributed by atoms with E-state index in [1.54, 1.807) is 7.11 Å². The summed E-state index contributed by atoms with van der Waals surface area (Å²) in [5.41, 5.74) is 1.63. The number of sulfone groups is 1. The minimum Gasteiger partial charge on any atom is -0.497 e. The van der Waals surface area contributed by atoms with E-state index in [-0.39, 0.29) is 35.1 Å². The Kier molecular flexibility index (Phi) is 7.29. The van der Waals surface area contributed by atoms with Crippen LogP contribution in [0.4, 0.5) is 5.69 Å². The quantitative estimate of drug-likeness (QED) is 0.524. The lowest BCUT2D eigenvalue weighted by molar-refractivity contribution is -0.117. The molecular weight excluding hydrogens is 460 g/mol. The van der Waals surface area contributed by atoms with Crippen LogP contribution in [0.25, 0.3) is 0 Å². The summed E-state index contributed by atoms with van der Waals surface area (Å²) in [6, 6.07) is 14.6. The number of anilines is 1. The van der Waals surface area contributed by atoms with E-state index in [1.165, 1.54) is 11.8 Å². The van der Waals surface area contributed by atoms with Crippen molar-refractivity contribution >= 4 is 38.4 Å². The Hall–Kier alpha value is -2.52. The Balaban J connectivity index is 1.58. The summed E-state index contributed by atoms with van der Waals surface area (Å²) in [7, 11) is -1.53. The summed E-state index contributed by atoms with van der Waals surface area (Å²) in [4.78, 5) is 19.1. The Morgan fingerprint density at radius 1 is 1.15 bits per heavy atom. The molecule has 1 amide bonds. The van der Waals surface area contributed by atoms with Crippen LogP contribution in [-0.4, -0.2) is 56.0 Å². The highest BCUT2D eigenvalue weighted by Crippen LogP contribution is 2.41. The fraction of sp³-hybridized carbons (Fsp3) is 0.417. The number of rotatable bonds is 8. The number of fused-ring (bicyclic) bond motifs is 1. The molecule has 7 nitrogen and oxygen atoms in total. The molecule has 2 saturated heterocycles. The smallest absolute Gasteiger partial charge is 0.252 e. The topological polar surface area (TPSA) is 85.3 Å². The average Bonchev–Trinajstić information content (AvgIpc) is 3.25. The van der Waals surface area contributed by atoms with Gasteiger partial charge in [-0.1, -0.05) is 43.3 Å². The van der Waals surface area contributed by atoms with Crippen LogP contribution in [0, 0.1) is 0 Å². The van der Waals surface area contributed by atoms with Gasteiger partial charge in [-0.2, -0.15) is 4.99 Å². The molecular formula is C24H28N2O5S2. The van der Waals surface area contributed by atoms with Crippen LogP contribution < -0.4 is 14.4 Å². The van der Waals surface area contributed by atoms with E-state index in [4.69, 9.17) is 9.47 Å². The molecule has 0 bridgehead atoms. The molecule has 2 fully saturated rings. The first kappa shape index (κ1) is 23.6. The van der Waals surface area contributed by atoms with Crippen molar-refractivity contribution in [1.29, 1.82) is 0 Å². The molecule has 0 radical (unpaired) electrons. The maximum Gasteiger partial charge on any atom is 0.252 e. The molecule has 33 heavy (non-hydrogen) atoms. The van der Waals surface area contributed by atoms with Crippen LogP contribution in [0.2, 0.25) is 0 Å². The number of nitrogens with zero attached hydrogens (tertiary/aromatic N) is 2. The Morgan fingerprint density at radius 3 is 2.67 bits per heavy atom. The zero-order valence-electron chi connectivity index (χ0n) is 18.8. The van der Waals surface area contributed by atoms with Gasteiger partial charge in [-0.15, -0.1) is 0 Å². The number of ether oxygens (including phenoxy) is 2. The molecule has 2 aromatic rings. The molecule has 9 heteroatoms.